The average Bonchev–Trinajstić information content (AvgIpc) is 2.19. The predicted octanol–water partition coefficient (Wildman–Crippen LogP) is 2.79. The molecule has 1 unspecified atom stereocenters. The third-order valence-electron chi connectivity index (χ3n) is 1.77. The van der Waals surface area contributed by atoms with Crippen molar-refractivity contribution in [1.29, 1.82) is 0 Å². The van der Waals surface area contributed by atoms with E-state index in [1.165, 1.54) is 12.1 Å². The molecule has 0 radical (unpaired) electrons. The van der Waals surface area contributed by atoms with Crippen LogP contribution in [0.4, 0.5) is 4.39 Å². The summed E-state index contributed by atoms with van der Waals surface area (Å²) < 4.78 is 48.8. The largest absolute Gasteiger partial charge is 0.314 e. The molecule has 0 aliphatic carbocycles. The van der Waals surface area contributed by atoms with Crippen LogP contribution in [0.3, 0.4) is 0 Å². The molecule has 80 valence electrons. The van der Waals surface area contributed by atoms with Crippen molar-refractivity contribution < 1.29 is 11.2 Å². The lowest BCUT2D eigenvalue weighted by molar-refractivity contribution is 0.564. The summed E-state index contributed by atoms with van der Waals surface area (Å²) >= 11 is 0. The van der Waals surface area contributed by atoms with Crippen LogP contribution in [0.25, 0.3) is 0 Å². The van der Waals surface area contributed by atoms with Crippen LogP contribution < -0.4 is 5.32 Å². The molecule has 0 bridgehead atoms. The van der Waals surface area contributed by atoms with Crippen molar-refractivity contribution in [3.05, 3.63) is 35.6 Å². The molecule has 0 fully saturated rings. The zero-order valence-corrected chi connectivity index (χ0v) is 8.70. The average molecular weight is 223 g/mol. The van der Waals surface area contributed by atoms with Gasteiger partial charge < -0.3 is 5.32 Å². The zero-order valence-electron chi connectivity index (χ0n) is 12.9. The molecule has 0 saturated carbocycles. The van der Waals surface area contributed by atoms with E-state index in [4.69, 9.17) is 6.85 Å². The van der Waals surface area contributed by atoms with Gasteiger partial charge in [-0.1, -0.05) is 19.0 Å². The molecule has 3 heteroatoms. The lowest BCUT2D eigenvalue weighted by Gasteiger charge is -2.11. The molecule has 1 nitrogen and oxygen atoms in total. The summed E-state index contributed by atoms with van der Waals surface area (Å²) in [5.41, 5.74) is 0.817. The fraction of sp³-hybridized carbons (Fsp3) is 0.455. The van der Waals surface area contributed by atoms with Gasteiger partial charge in [-0.3, -0.25) is 0 Å². The number of nitrogens with one attached hydrogen (secondary N) is 1. The topological polar surface area (TPSA) is 12.0 Å². The first-order chi connectivity index (χ1) is 8.12. The van der Waals surface area contributed by atoms with Crippen LogP contribution in [0.5, 0.6) is 0 Å². The number of rotatable bonds is 4. The Kier molecular flexibility index (Phi) is 3.30. The van der Waals surface area contributed by atoms with Gasteiger partial charge in [-0.05, 0) is 37.5 Å². The Labute approximate surface area is 98.1 Å². The summed E-state index contributed by atoms with van der Waals surface area (Å²) in [6.45, 7) is -3.47. The van der Waals surface area contributed by atoms with Crippen molar-refractivity contribution in [2.45, 2.75) is 26.2 Å². The maximum atomic E-state index is 12.7. The van der Waals surface area contributed by atoms with Gasteiger partial charge in [0.25, 0.3) is 0 Å². The second-order valence-corrected chi connectivity index (χ2v) is 3.00. The van der Waals surface area contributed by atoms with Gasteiger partial charge in [0.05, 0.1) is 0 Å². The highest BCUT2D eigenvalue weighted by Gasteiger charge is 2.01. The number of halogens is 2. The summed E-state index contributed by atoms with van der Waals surface area (Å²) in [5, 5.41) is 2.44. The third-order valence-corrected chi connectivity index (χ3v) is 1.77. The highest BCUT2D eigenvalue weighted by atomic mass is 35.5. The quantitative estimate of drug-likeness (QED) is 0.826. The van der Waals surface area contributed by atoms with Gasteiger partial charge in [0.2, 0.25) is 0 Å². The molecule has 0 saturated heterocycles. The standard InChI is InChI=1S/C11H16FN.ClH/c1-3-13-9(2)8-10-4-6-11(12)7-5-10;/h4-7,9,13H,3,8H2,1-2H3;1H/i1D3,3D2;. The minimum atomic E-state index is -2.72. The minimum Gasteiger partial charge on any atom is -0.314 e. The Morgan fingerprint density at radius 1 is 1.50 bits per heavy atom. The predicted molar refractivity (Wildman–Crippen MR) is 60.5 cm³/mol. The molecule has 0 aromatic heterocycles. The molecule has 1 N–H and O–H groups in total. The second kappa shape index (κ2) is 6.80. The molecule has 0 amide bonds. The number of benzene rings is 1. The summed E-state index contributed by atoms with van der Waals surface area (Å²) in [7, 11) is 0. The van der Waals surface area contributed by atoms with E-state index in [9.17, 15) is 4.39 Å². The fourth-order valence-corrected chi connectivity index (χ4v) is 1.15. The van der Waals surface area contributed by atoms with Crippen molar-refractivity contribution in [3.63, 3.8) is 0 Å². The van der Waals surface area contributed by atoms with Crippen LogP contribution in [0.2, 0.25) is 0 Å². The van der Waals surface area contributed by atoms with E-state index in [1.807, 2.05) is 0 Å². The van der Waals surface area contributed by atoms with Crippen molar-refractivity contribution >= 4 is 12.4 Å². The van der Waals surface area contributed by atoms with Gasteiger partial charge in [-0.15, -0.1) is 12.4 Å². The maximum absolute atomic E-state index is 12.7. The molecule has 1 atom stereocenters. The first-order valence-corrected chi connectivity index (χ1v) is 4.14. The number of hydrogen-bond acceptors (Lipinski definition) is 1. The fourth-order valence-electron chi connectivity index (χ4n) is 1.15. The second-order valence-electron chi connectivity index (χ2n) is 3.00. The summed E-state index contributed by atoms with van der Waals surface area (Å²) in [5.74, 6) is -0.336. The Balaban J connectivity index is 0.00000324. The molecule has 14 heavy (non-hydrogen) atoms. The molecule has 1 rings (SSSR count). The normalized spacial score (nSPS) is 19.1. The first-order valence-electron chi connectivity index (χ1n) is 6.64. The molecule has 1 aromatic rings. The van der Waals surface area contributed by atoms with Crippen molar-refractivity contribution in [2.75, 3.05) is 6.50 Å². The monoisotopic (exact) mass is 222 g/mol. The first kappa shape index (κ1) is 6.81. The van der Waals surface area contributed by atoms with Gasteiger partial charge in [0, 0.05) is 12.9 Å². The smallest absolute Gasteiger partial charge is 0.123 e. The van der Waals surface area contributed by atoms with Crippen molar-refractivity contribution in [3.8, 4) is 0 Å². The van der Waals surface area contributed by atoms with Crippen LogP contribution in [0.15, 0.2) is 24.3 Å². The van der Waals surface area contributed by atoms with Gasteiger partial charge in [0.15, 0.2) is 0 Å². The van der Waals surface area contributed by atoms with E-state index in [-0.39, 0.29) is 24.3 Å². The van der Waals surface area contributed by atoms with E-state index < -0.39 is 13.3 Å². The Morgan fingerprint density at radius 2 is 2.14 bits per heavy atom. The summed E-state index contributed by atoms with van der Waals surface area (Å²) in [4.78, 5) is 0. The lowest BCUT2D eigenvalue weighted by atomic mass is 10.1. The number of likely N-dealkylation sites (N-methyl/N-ethyl adjacent to an activating group) is 1. The molecule has 1 aromatic carbocycles. The molecule has 0 heterocycles. The third kappa shape index (κ3) is 4.58. The summed E-state index contributed by atoms with van der Waals surface area (Å²) in [6, 6.07) is 5.46. The van der Waals surface area contributed by atoms with E-state index in [0.717, 1.165) is 5.56 Å². The van der Waals surface area contributed by atoms with Gasteiger partial charge in [0.1, 0.15) is 5.82 Å². The van der Waals surface area contributed by atoms with Gasteiger partial charge >= 0.3 is 0 Å². The summed E-state index contributed by atoms with van der Waals surface area (Å²) in [6.07, 6.45) is 0.426. The SMILES string of the molecule is Cl.[2H]C([2H])([2H])C([2H])([2H])NC(C)Cc1ccc(F)cc1. The highest BCUT2D eigenvalue weighted by Crippen LogP contribution is 2.05. The number of hydrogen-bond donors (Lipinski definition) is 1. The molecule has 0 aliphatic heterocycles. The van der Waals surface area contributed by atoms with Gasteiger partial charge in [-0.2, -0.15) is 0 Å². The molecular formula is C11H17ClFN. The zero-order chi connectivity index (χ0) is 14.0. The van der Waals surface area contributed by atoms with E-state index in [2.05, 4.69) is 5.32 Å². The van der Waals surface area contributed by atoms with E-state index >= 15 is 0 Å². The van der Waals surface area contributed by atoms with Crippen molar-refractivity contribution in [2.24, 2.45) is 0 Å². The Morgan fingerprint density at radius 3 is 2.71 bits per heavy atom. The maximum Gasteiger partial charge on any atom is 0.123 e. The van der Waals surface area contributed by atoms with E-state index in [1.54, 1.807) is 19.1 Å². The van der Waals surface area contributed by atoms with Crippen LogP contribution in [0.1, 0.15) is 26.2 Å². The molecule has 0 spiro atoms. The van der Waals surface area contributed by atoms with E-state index in [0.29, 0.717) is 6.42 Å². The van der Waals surface area contributed by atoms with Crippen molar-refractivity contribution in [1.82, 2.24) is 5.32 Å². The Bertz CT molecular complexity index is 393. The lowest BCUT2D eigenvalue weighted by Crippen LogP contribution is -2.27. The van der Waals surface area contributed by atoms with Crippen LogP contribution in [0, 0.1) is 5.82 Å². The molecule has 0 aliphatic rings. The molecular weight excluding hydrogens is 201 g/mol. The van der Waals surface area contributed by atoms with Crippen LogP contribution in [-0.2, 0) is 6.42 Å². The van der Waals surface area contributed by atoms with Gasteiger partial charge in [-0.25, -0.2) is 4.39 Å². The van der Waals surface area contributed by atoms with Crippen LogP contribution in [-0.4, -0.2) is 12.5 Å². The highest BCUT2D eigenvalue weighted by molar-refractivity contribution is 5.85. The minimum absolute atomic E-state index is 0. The van der Waals surface area contributed by atoms with Crippen LogP contribution >= 0.6 is 12.4 Å². The Hall–Kier alpha value is -0.600.